The van der Waals surface area contributed by atoms with Crippen LogP contribution in [0.25, 0.3) is 0 Å². The van der Waals surface area contributed by atoms with Crippen LogP contribution in [0.15, 0.2) is 42.6 Å². The Balaban J connectivity index is 2.24. The van der Waals surface area contributed by atoms with E-state index in [1.807, 2.05) is 50.2 Å². The molecular formula is C17H21N3O. The number of carbonyl (C=O) groups is 1. The Bertz CT molecular complexity index is 625. The summed E-state index contributed by atoms with van der Waals surface area (Å²) < 4.78 is 0. The van der Waals surface area contributed by atoms with Crippen LogP contribution in [-0.2, 0) is 13.1 Å². The van der Waals surface area contributed by atoms with Crippen molar-refractivity contribution in [2.24, 2.45) is 5.73 Å². The number of hydrogen-bond acceptors (Lipinski definition) is 3. The normalized spacial score (nSPS) is 10.4. The highest BCUT2D eigenvalue weighted by Gasteiger charge is 2.18. The van der Waals surface area contributed by atoms with E-state index in [2.05, 4.69) is 4.98 Å². The van der Waals surface area contributed by atoms with Crippen LogP contribution in [0.4, 0.5) is 0 Å². The number of nitrogens with two attached hydrogens (primary N) is 1. The second kappa shape index (κ2) is 6.99. The van der Waals surface area contributed by atoms with E-state index in [1.54, 1.807) is 11.1 Å². The fourth-order valence-corrected chi connectivity index (χ4v) is 2.30. The molecule has 2 N–H and O–H groups in total. The fraction of sp³-hybridized carbons (Fsp3) is 0.294. The second-order valence-electron chi connectivity index (χ2n) is 4.96. The van der Waals surface area contributed by atoms with Gasteiger partial charge >= 0.3 is 0 Å². The van der Waals surface area contributed by atoms with Crippen molar-refractivity contribution in [1.82, 2.24) is 9.88 Å². The SMILES string of the molecule is CCN(Cc1ccccc1CN)C(=O)c1ncccc1C. The molecule has 0 unspecified atom stereocenters. The van der Waals surface area contributed by atoms with Gasteiger partial charge in [-0.2, -0.15) is 0 Å². The van der Waals surface area contributed by atoms with Gasteiger partial charge in [0.05, 0.1) is 0 Å². The molecule has 0 spiro atoms. The Morgan fingerprint density at radius 3 is 2.52 bits per heavy atom. The van der Waals surface area contributed by atoms with Gasteiger partial charge in [-0.3, -0.25) is 9.78 Å². The summed E-state index contributed by atoms with van der Waals surface area (Å²) in [5.74, 6) is -0.0394. The van der Waals surface area contributed by atoms with E-state index in [9.17, 15) is 4.79 Å². The van der Waals surface area contributed by atoms with Gasteiger partial charge in [0.2, 0.25) is 0 Å². The first-order chi connectivity index (χ1) is 10.2. The average molecular weight is 283 g/mol. The van der Waals surface area contributed by atoms with Gasteiger partial charge in [0, 0.05) is 25.8 Å². The van der Waals surface area contributed by atoms with E-state index in [-0.39, 0.29) is 5.91 Å². The van der Waals surface area contributed by atoms with E-state index in [4.69, 9.17) is 5.73 Å². The highest BCUT2D eigenvalue weighted by atomic mass is 16.2. The van der Waals surface area contributed by atoms with E-state index in [1.165, 1.54) is 0 Å². The minimum Gasteiger partial charge on any atom is -0.333 e. The number of rotatable bonds is 5. The third-order valence-electron chi connectivity index (χ3n) is 3.58. The van der Waals surface area contributed by atoms with Crippen LogP contribution < -0.4 is 5.73 Å². The zero-order valence-corrected chi connectivity index (χ0v) is 12.5. The summed E-state index contributed by atoms with van der Waals surface area (Å²) in [6, 6.07) is 11.7. The molecule has 4 heteroatoms. The number of hydrogen-bond donors (Lipinski definition) is 1. The molecule has 0 radical (unpaired) electrons. The maximum atomic E-state index is 12.6. The summed E-state index contributed by atoms with van der Waals surface area (Å²) in [6.45, 7) is 5.54. The number of amides is 1. The van der Waals surface area contributed by atoms with Gasteiger partial charge in [-0.25, -0.2) is 0 Å². The molecule has 1 aromatic carbocycles. The van der Waals surface area contributed by atoms with Crippen LogP contribution in [0.3, 0.4) is 0 Å². The van der Waals surface area contributed by atoms with E-state index in [0.717, 1.165) is 16.7 Å². The number of aromatic nitrogens is 1. The summed E-state index contributed by atoms with van der Waals surface area (Å²) in [5.41, 5.74) is 9.34. The highest BCUT2D eigenvalue weighted by Crippen LogP contribution is 2.14. The molecule has 0 atom stereocenters. The maximum absolute atomic E-state index is 12.6. The van der Waals surface area contributed by atoms with Gasteiger partial charge in [0.25, 0.3) is 5.91 Å². The fourth-order valence-electron chi connectivity index (χ4n) is 2.30. The lowest BCUT2D eigenvalue weighted by Crippen LogP contribution is -2.32. The summed E-state index contributed by atoms with van der Waals surface area (Å²) in [5, 5.41) is 0. The highest BCUT2D eigenvalue weighted by molar-refractivity contribution is 5.93. The zero-order chi connectivity index (χ0) is 15.2. The van der Waals surface area contributed by atoms with Crippen molar-refractivity contribution in [3.05, 3.63) is 65.0 Å². The molecule has 0 bridgehead atoms. The molecule has 2 rings (SSSR count). The molecule has 0 aliphatic heterocycles. The average Bonchev–Trinajstić information content (AvgIpc) is 2.52. The lowest BCUT2D eigenvalue weighted by Gasteiger charge is -2.22. The van der Waals surface area contributed by atoms with E-state index >= 15 is 0 Å². The first-order valence-corrected chi connectivity index (χ1v) is 7.15. The van der Waals surface area contributed by atoms with Gasteiger partial charge in [-0.1, -0.05) is 30.3 Å². The lowest BCUT2D eigenvalue weighted by atomic mass is 10.1. The monoisotopic (exact) mass is 283 g/mol. The van der Waals surface area contributed by atoms with E-state index in [0.29, 0.717) is 25.3 Å². The molecule has 0 fully saturated rings. The lowest BCUT2D eigenvalue weighted by molar-refractivity contribution is 0.0745. The van der Waals surface area contributed by atoms with Crippen molar-refractivity contribution in [1.29, 1.82) is 0 Å². The van der Waals surface area contributed by atoms with Crippen LogP contribution in [0.1, 0.15) is 34.1 Å². The van der Waals surface area contributed by atoms with Gasteiger partial charge in [0.1, 0.15) is 5.69 Å². The summed E-state index contributed by atoms with van der Waals surface area (Å²) >= 11 is 0. The Labute approximate surface area is 125 Å². The molecule has 0 aliphatic rings. The molecule has 0 aliphatic carbocycles. The smallest absolute Gasteiger partial charge is 0.273 e. The summed E-state index contributed by atoms with van der Waals surface area (Å²) in [7, 11) is 0. The molecule has 0 saturated heterocycles. The molecule has 2 aromatic rings. The van der Waals surface area contributed by atoms with Crippen molar-refractivity contribution in [3.8, 4) is 0 Å². The molecule has 21 heavy (non-hydrogen) atoms. The van der Waals surface area contributed by atoms with Gasteiger partial charge < -0.3 is 10.6 Å². The molecule has 4 nitrogen and oxygen atoms in total. The topological polar surface area (TPSA) is 59.2 Å². The predicted octanol–water partition coefficient (Wildman–Crippen LogP) is 2.51. The number of benzene rings is 1. The minimum absolute atomic E-state index is 0.0394. The molecule has 1 heterocycles. The predicted molar refractivity (Wildman–Crippen MR) is 83.7 cm³/mol. The van der Waals surface area contributed by atoms with Gasteiger partial charge in [-0.15, -0.1) is 0 Å². The van der Waals surface area contributed by atoms with E-state index < -0.39 is 0 Å². The Morgan fingerprint density at radius 1 is 1.19 bits per heavy atom. The second-order valence-corrected chi connectivity index (χ2v) is 4.96. The first kappa shape index (κ1) is 15.2. The van der Waals surface area contributed by atoms with Crippen molar-refractivity contribution in [2.75, 3.05) is 6.54 Å². The number of pyridine rings is 1. The maximum Gasteiger partial charge on any atom is 0.273 e. The molecule has 1 amide bonds. The van der Waals surface area contributed by atoms with Gasteiger partial charge in [-0.05, 0) is 36.6 Å². The Hall–Kier alpha value is -2.20. The number of nitrogens with zero attached hydrogens (tertiary/aromatic N) is 2. The third kappa shape index (κ3) is 3.47. The Kier molecular flexibility index (Phi) is 5.06. The van der Waals surface area contributed by atoms with Crippen LogP contribution >= 0.6 is 0 Å². The van der Waals surface area contributed by atoms with Crippen molar-refractivity contribution in [3.63, 3.8) is 0 Å². The Morgan fingerprint density at radius 2 is 1.90 bits per heavy atom. The van der Waals surface area contributed by atoms with Crippen LogP contribution in [0, 0.1) is 6.92 Å². The van der Waals surface area contributed by atoms with Crippen LogP contribution in [0.2, 0.25) is 0 Å². The number of carbonyl (C=O) groups excluding carboxylic acids is 1. The molecular weight excluding hydrogens is 262 g/mol. The van der Waals surface area contributed by atoms with Crippen LogP contribution in [-0.4, -0.2) is 22.3 Å². The van der Waals surface area contributed by atoms with Crippen molar-refractivity contribution >= 4 is 5.91 Å². The zero-order valence-electron chi connectivity index (χ0n) is 12.5. The van der Waals surface area contributed by atoms with Crippen molar-refractivity contribution in [2.45, 2.75) is 26.9 Å². The van der Waals surface area contributed by atoms with Gasteiger partial charge in [0.15, 0.2) is 0 Å². The number of aryl methyl sites for hydroxylation is 1. The molecule has 1 aromatic heterocycles. The molecule has 0 saturated carbocycles. The quantitative estimate of drug-likeness (QED) is 0.917. The summed E-state index contributed by atoms with van der Waals surface area (Å²) in [6.07, 6.45) is 1.65. The standard InChI is InChI=1S/C17H21N3O/c1-3-20(12-15-9-5-4-8-14(15)11-18)17(21)16-13(2)7-6-10-19-16/h4-10H,3,11-12,18H2,1-2H3. The summed E-state index contributed by atoms with van der Waals surface area (Å²) in [4.78, 5) is 18.6. The van der Waals surface area contributed by atoms with Crippen LogP contribution in [0.5, 0.6) is 0 Å². The third-order valence-corrected chi connectivity index (χ3v) is 3.58. The first-order valence-electron chi connectivity index (χ1n) is 7.15. The van der Waals surface area contributed by atoms with Crippen molar-refractivity contribution < 1.29 is 4.79 Å². The molecule has 110 valence electrons. The minimum atomic E-state index is -0.0394. The largest absolute Gasteiger partial charge is 0.333 e.